The van der Waals surface area contributed by atoms with Gasteiger partial charge in [0.25, 0.3) is 5.91 Å². The highest BCUT2D eigenvalue weighted by molar-refractivity contribution is 7.91. The van der Waals surface area contributed by atoms with Crippen molar-refractivity contribution in [3.8, 4) is 6.07 Å². The van der Waals surface area contributed by atoms with Crippen LogP contribution in [-0.4, -0.2) is 45.5 Å². The summed E-state index contributed by atoms with van der Waals surface area (Å²) in [6.45, 7) is 0.794. The molecule has 1 unspecified atom stereocenters. The molecule has 11 heteroatoms. The lowest BCUT2D eigenvalue weighted by molar-refractivity contribution is 0.102. The Labute approximate surface area is 180 Å². The van der Waals surface area contributed by atoms with Crippen LogP contribution >= 0.6 is 0 Å². The summed E-state index contributed by atoms with van der Waals surface area (Å²) in [5.41, 5.74) is 6.81. The van der Waals surface area contributed by atoms with E-state index in [9.17, 15) is 13.4 Å². The summed E-state index contributed by atoms with van der Waals surface area (Å²) in [5, 5.41) is 11.5. The second-order valence-electron chi connectivity index (χ2n) is 6.80. The minimum Gasteiger partial charge on any atom is -0.369 e. The molecule has 1 amide bonds. The Hall–Kier alpha value is -3.52. The van der Waals surface area contributed by atoms with Gasteiger partial charge >= 0.3 is 0 Å². The van der Waals surface area contributed by atoms with Crippen LogP contribution in [0.4, 0.5) is 10.1 Å². The maximum absolute atomic E-state index is 14.5. The fourth-order valence-corrected chi connectivity index (χ4v) is 5.25. The Morgan fingerprint density at radius 1 is 1.39 bits per heavy atom. The van der Waals surface area contributed by atoms with E-state index in [-0.39, 0.29) is 23.0 Å². The van der Waals surface area contributed by atoms with Crippen molar-refractivity contribution in [3.05, 3.63) is 59.2 Å². The van der Waals surface area contributed by atoms with E-state index in [0.717, 1.165) is 12.8 Å². The molecule has 2 aromatic rings. The van der Waals surface area contributed by atoms with Gasteiger partial charge in [-0.05, 0) is 43.2 Å². The number of hydrogen-bond acceptors (Lipinski definition) is 6. The van der Waals surface area contributed by atoms with E-state index < -0.39 is 21.6 Å². The molecule has 0 spiro atoms. The molecule has 1 aliphatic heterocycles. The number of guanidine groups is 1. The SMILES string of the molecule is C/N=C(/N)N1CCCCN=S1(=O)Cc1cc(NC(=O)c2ccc(C#N)cn2)ccc1F. The van der Waals surface area contributed by atoms with Gasteiger partial charge < -0.3 is 11.1 Å². The van der Waals surface area contributed by atoms with Gasteiger partial charge in [-0.25, -0.2) is 17.9 Å². The maximum atomic E-state index is 14.5. The number of halogens is 1. The number of aromatic nitrogens is 1. The van der Waals surface area contributed by atoms with Crippen LogP contribution < -0.4 is 11.1 Å². The van der Waals surface area contributed by atoms with Gasteiger partial charge in [-0.1, -0.05) is 0 Å². The molecule has 0 fully saturated rings. The monoisotopic (exact) mass is 443 g/mol. The van der Waals surface area contributed by atoms with Crippen LogP contribution in [0.25, 0.3) is 0 Å². The molecular weight excluding hydrogens is 421 g/mol. The normalized spacial score (nSPS) is 19.1. The number of hydrogen-bond donors (Lipinski definition) is 2. The van der Waals surface area contributed by atoms with E-state index in [1.165, 1.54) is 47.9 Å². The first-order valence-corrected chi connectivity index (χ1v) is 11.2. The number of rotatable bonds is 4. The summed E-state index contributed by atoms with van der Waals surface area (Å²) in [6, 6.07) is 8.83. The van der Waals surface area contributed by atoms with Gasteiger partial charge in [0, 0.05) is 31.0 Å². The summed E-state index contributed by atoms with van der Waals surface area (Å²) in [4.78, 5) is 20.3. The predicted octanol–water partition coefficient (Wildman–Crippen LogP) is 2.27. The molecule has 31 heavy (non-hydrogen) atoms. The van der Waals surface area contributed by atoms with Gasteiger partial charge in [-0.2, -0.15) is 5.26 Å². The first-order valence-electron chi connectivity index (χ1n) is 9.53. The van der Waals surface area contributed by atoms with E-state index in [4.69, 9.17) is 11.0 Å². The third-order valence-electron chi connectivity index (χ3n) is 4.66. The summed E-state index contributed by atoms with van der Waals surface area (Å²) in [7, 11) is -1.56. The predicted molar refractivity (Wildman–Crippen MR) is 116 cm³/mol. The van der Waals surface area contributed by atoms with Crippen molar-refractivity contribution >= 4 is 27.5 Å². The van der Waals surface area contributed by atoms with Crippen LogP contribution in [0, 0.1) is 17.1 Å². The molecule has 1 aromatic carbocycles. The molecule has 9 nitrogen and oxygen atoms in total. The summed E-state index contributed by atoms with van der Waals surface area (Å²) in [6.07, 6.45) is 2.78. The number of aliphatic imine (C=N–C) groups is 1. The zero-order valence-corrected chi connectivity index (χ0v) is 17.7. The largest absolute Gasteiger partial charge is 0.369 e. The third kappa shape index (κ3) is 5.16. The number of anilines is 1. The molecule has 0 radical (unpaired) electrons. The summed E-state index contributed by atoms with van der Waals surface area (Å²) in [5.74, 6) is -1.20. The molecule has 0 saturated carbocycles. The number of carbonyl (C=O) groups is 1. The Morgan fingerprint density at radius 3 is 2.87 bits per heavy atom. The Bertz CT molecular complexity index is 1170. The Balaban J connectivity index is 1.86. The fraction of sp³-hybridized carbons (Fsp3) is 0.300. The number of nitriles is 1. The topological polar surface area (TPSA) is 137 Å². The molecule has 2 heterocycles. The van der Waals surface area contributed by atoms with Crippen molar-refractivity contribution in [2.45, 2.75) is 18.6 Å². The third-order valence-corrected chi connectivity index (χ3v) is 7.00. The zero-order chi connectivity index (χ0) is 22.4. The number of nitrogens with one attached hydrogen (secondary N) is 1. The molecule has 0 saturated heterocycles. The number of nitrogens with two attached hydrogens (primary N) is 1. The van der Waals surface area contributed by atoms with Gasteiger partial charge in [-0.15, -0.1) is 0 Å². The summed E-state index contributed by atoms with van der Waals surface area (Å²) < 4.78 is 33.9. The fourth-order valence-electron chi connectivity index (χ4n) is 3.04. The second kappa shape index (κ2) is 9.53. The first-order chi connectivity index (χ1) is 14.9. The lowest BCUT2D eigenvalue weighted by atomic mass is 10.2. The maximum Gasteiger partial charge on any atom is 0.274 e. The number of pyridine rings is 1. The van der Waals surface area contributed by atoms with E-state index in [1.54, 1.807) is 0 Å². The zero-order valence-electron chi connectivity index (χ0n) is 16.9. The molecule has 1 aliphatic rings. The average Bonchev–Trinajstić information content (AvgIpc) is 2.97. The van der Waals surface area contributed by atoms with Crippen molar-refractivity contribution in [2.75, 3.05) is 25.5 Å². The number of amides is 1. The van der Waals surface area contributed by atoms with Gasteiger partial charge in [-0.3, -0.25) is 14.1 Å². The lowest BCUT2D eigenvalue weighted by Gasteiger charge is -2.25. The van der Waals surface area contributed by atoms with Crippen LogP contribution in [0.3, 0.4) is 0 Å². The number of nitrogens with zero attached hydrogens (tertiary/aromatic N) is 5. The van der Waals surface area contributed by atoms with Gasteiger partial charge in [0.2, 0.25) is 5.96 Å². The molecule has 1 atom stereocenters. The lowest BCUT2D eigenvalue weighted by Crippen LogP contribution is -2.42. The first kappa shape index (κ1) is 22.2. The molecule has 1 aromatic heterocycles. The number of carbonyl (C=O) groups excluding carboxylic acids is 1. The van der Waals surface area contributed by atoms with E-state index in [0.29, 0.717) is 24.3 Å². The van der Waals surface area contributed by atoms with Crippen LogP contribution in [0.15, 0.2) is 45.9 Å². The highest BCUT2D eigenvalue weighted by atomic mass is 32.2. The van der Waals surface area contributed by atoms with Crippen molar-refractivity contribution < 1.29 is 13.4 Å². The van der Waals surface area contributed by atoms with E-state index in [1.807, 2.05) is 6.07 Å². The minimum atomic E-state index is -3.05. The standard InChI is InChI=1S/C20H22FN7O2S/c1-24-20(23)28-9-3-2-8-26-31(28,30)13-15-10-16(5-6-17(15)21)27-19(29)18-7-4-14(11-22)12-25-18/h4-7,10,12H,2-3,8-9,13H2,1H3,(H2,23,24)(H,27,29). The molecule has 0 bridgehead atoms. The number of benzene rings is 1. The van der Waals surface area contributed by atoms with Crippen molar-refractivity contribution in [2.24, 2.45) is 15.1 Å². The smallest absolute Gasteiger partial charge is 0.274 e. The minimum absolute atomic E-state index is 0.0902. The van der Waals surface area contributed by atoms with Crippen LogP contribution in [-0.2, 0) is 15.7 Å². The Morgan fingerprint density at radius 2 is 2.19 bits per heavy atom. The molecule has 0 aliphatic carbocycles. The Kier molecular flexibility index (Phi) is 6.81. The average molecular weight is 444 g/mol. The van der Waals surface area contributed by atoms with Crippen molar-refractivity contribution in [3.63, 3.8) is 0 Å². The van der Waals surface area contributed by atoms with Crippen LogP contribution in [0.5, 0.6) is 0 Å². The quantitative estimate of drug-likeness (QED) is 0.552. The van der Waals surface area contributed by atoms with Crippen molar-refractivity contribution in [1.29, 1.82) is 5.26 Å². The molecule has 162 valence electrons. The molecule has 3 N–H and O–H groups in total. The van der Waals surface area contributed by atoms with Crippen LogP contribution in [0.1, 0.15) is 34.5 Å². The van der Waals surface area contributed by atoms with Crippen molar-refractivity contribution in [1.82, 2.24) is 9.29 Å². The van der Waals surface area contributed by atoms with Gasteiger partial charge in [0.1, 0.15) is 27.5 Å². The van der Waals surface area contributed by atoms with E-state index in [2.05, 4.69) is 19.7 Å². The van der Waals surface area contributed by atoms with Crippen LogP contribution in [0.2, 0.25) is 0 Å². The second-order valence-corrected chi connectivity index (χ2v) is 9.00. The highest BCUT2D eigenvalue weighted by Crippen LogP contribution is 2.23. The van der Waals surface area contributed by atoms with Gasteiger partial charge in [0.15, 0.2) is 0 Å². The molecular formula is C20H22FN7O2S. The highest BCUT2D eigenvalue weighted by Gasteiger charge is 2.26. The summed E-state index contributed by atoms with van der Waals surface area (Å²) >= 11 is 0. The van der Waals surface area contributed by atoms with E-state index >= 15 is 0 Å². The molecule has 3 rings (SSSR count). The van der Waals surface area contributed by atoms with Gasteiger partial charge in [0.05, 0.1) is 17.9 Å².